The molecule has 0 aromatic heterocycles. The fourth-order valence-electron chi connectivity index (χ4n) is 2.87. The van der Waals surface area contributed by atoms with Crippen molar-refractivity contribution in [3.05, 3.63) is 89.4 Å². The molecule has 0 bridgehead atoms. The summed E-state index contributed by atoms with van der Waals surface area (Å²) in [5.41, 5.74) is 0.954. The van der Waals surface area contributed by atoms with Crippen molar-refractivity contribution in [3.63, 3.8) is 0 Å². The van der Waals surface area contributed by atoms with Crippen LogP contribution >= 0.6 is 11.6 Å². The maximum Gasteiger partial charge on any atom is 0.323 e. The summed E-state index contributed by atoms with van der Waals surface area (Å²) < 4.78 is 11.5. The molecular weight excluding hydrogens is 418 g/mol. The molecule has 3 rings (SSSR count). The standard InChI is InChI=1S/C24H22ClNO5/c25-19-12-10-18(11-13-19)14-15-26(16-24(28)29)23(27)17-30-21-8-4-5-9-22(21)31-20-6-2-1-3-7-20/h1-13H,14-17H2,(H,28,29). The third kappa shape index (κ3) is 7.04. The topological polar surface area (TPSA) is 76.1 Å². The molecule has 0 fully saturated rings. The molecule has 3 aromatic carbocycles. The summed E-state index contributed by atoms with van der Waals surface area (Å²) in [5, 5.41) is 9.81. The van der Waals surface area contributed by atoms with Crippen LogP contribution in [0.25, 0.3) is 0 Å². The molecule has 6 nitrogen and oxygen atoms in total. The van der Waals surface area contributed by atoms with Gasteiger partial charge in [-0.3, -0.25) is 9.59 Å². The van der Waals surface area contributed by atoms with Crippen LogP contribution in [0.5, 0.6) is 17.2 Å². The number of ether oxygens (including phenoxy) is 2. The van der Waals surface area contributed by atoms with Gasteiger partial charge in [-0.2, -0.15) is 0 Å². The van der Waals surface area contributed by atoms with Gasteiger partial charge < -0.3 is 19.5 Å². The molecule has 0 saturated carbocycles. The molecule has 0 aliphatic carbocycles. The van der Waals surface area contributed by atoms with E-state index in [4.69, 9.17) is 21.1 Å². The number of para-hydroxylation sites is 3. The van der Waals surface area contributed by atoms with Crippen molar-refractivity contribution in [2.24, 2.45) is 0 Å². The van der Waals surface area contributed by atoms with E-state index in [1.54, 1.807) is 36.4 Å². The number of nitrogens with zero attached hydrogens (tertiary/aromatic N) is 1. The van der Waals surface area contributed by atoms with E-state index >= 15 is 0 Å². The van der Waals surface area contributed by atoms with Crippen LogP contribution in [0.15, 0.2) is 78.9 Å². The summed E-state index contributed by atoms with van der Waals surface area (Å²) in [6.45, 7) is -0.459. The Morgan fingerprint density at radius 2 is 1.52 bits per heavy atom. The second-order valence-electron chi connectivity index (χ2n) is 6.74. The van der Waals surface area contributed by atoms with Gasteiger partial charge in [0, 0.05) is 11.6 Å². The molecule has 0 radical (unpaired) electrons. The third-order valence-electron chi connectivity index (χ3n) is 4.43. The second kappa shape index (κ2) is 11.0. The highest BCUT2D eigenvalue weighted by atomic mass is 35.5. The van der Waals surface area contributed by atoms with E-state index < -0.39 is 18.4 Å². The smallest absolute Gasteiger partial charge is 0.323 e. The average Bonchev–Trinajstić information content (AvgIpc) is 2.77. The zero-order chi connectivity index (χ0) is 22.1. The van der Waals surface area contributed by atoms with E-state index in [1.165, 1.54) is 4.90 Å². The largest absolute Gasteiger partial charge is 0.480 e. The molecule has 0 atom stereocenters. The quantitative estimate of drug-likeness (QED) is 0.497. The number of aliphatic carboxylic acids is 1. The fraction of sp³-hybridized carbons (Fsp3) is 0.167. The molecule has 1 N–H and O–H groups in total. The summed E-state index contributed by atoms with van der Waals surface area (Å²) >= 11 is 5.89. The fourth-order valence-corrected chi connectivity index (χ4v) is 3.00. The van der Waals surface area contributed by atoms with E-state index in [0.29, 0.717) is 28.7 Å². The van der Waals surface area contributed by atoms with Gasteiger partial charge in [0.25, 0.3) is 5.91 Å². The summed E-state index contributed by atoms with van der Waals surface area (Å²) in [5.74, 6) is -0.0105. The van der Waals surface area contributed by atoms with Gasteiger partial charge in [0.2, 0.25) is 0 Å². The number of amides is 1. The van der Waals surface area contributed by atoms with Gasteiger partial charge in [0.05, 0.1) is 0 Å². The first-order chi connectivity index (χ1) is 15.0. The zero-order valence-electron chi connectivity index (χ0n) is 16.7. The first-order valence-electron chi connectivity index (χ1n) is 9.70. The third-order valence-corrected chi connectivity index (χ3v) is 4.69. The van der Waals surface area contributed by atoms with Crippen LogP contribution in [-0.4, -0.2) is 41.6 Å². The van der Waals surface area contributed by atoms with Crippen LogP contribution < -0.4 is 9.47 Å². The first-order valence-corrected chi connectivity index (χ1v) is 10.1. The van der Waals surface area contributed by atoms with Crippen molar-refractivity contribution >= 4 is 23.5 Å². The van der Waals surface area contributed by atoms with Gasteiger partial charge in [-0.15, -0.1) is 0 Å². The molecule has 160 valence electrons. The number of carbonyl (C=O) groups is 2. The minimum atomic E-state index is -1.09. The minimum absolute atomic E-state index is 0.248. The van der Waals surface area contributed by atoms with Gasteiger partial charge in [-0.25, -0.2) is 0 Å². The Balaban J connectivity index is 1.62. The number of hydrogen-bond acceptors (Lipinski definition) is 4. The molecule has 0 saturated heterocycles. The van der Waals surface area contributed by atoms with E-state index in [-0.39, 0.29) is 13.2 Å². The molecule has 1 amide bonds. The number of carbonyl (C=O) groups excluding carboxylic acids is 1. The summed E-state index contributed by atoms with van der Waals surface area (Å²) in [6.07, 6.45) is 0.504. The van der Waals surface area contributed by atoms with Gasteiger partial charge in [0.15, 0.2) is 18.1 Å². The normalized spacial score (nSPS) is 10.4. The Hall–Kier alpha value is -3.51. The van der Waals surface area contributed by atoms with Gasteiger partial charge in [-0.1, -0.05) is 54.1 Å². The maximum atomic E-state index is 12.7. The maximum absolute atomic E-state index is 12.7. The predicted octanol–water partition coefficient (Wildman–Crippen LogP) is 4.67. The number of halogens is 1. The number of rotatable bonds is 10. The Kier molecular flexibility index (Phi) is 7.90. The highest BCUT2D eigenvalue weighted by molar-refractivity contribution is 6.30. The minimum Gasteiger partial charge on any atom is -0.480 e. The van der Waals surface area contributed by atoms with Gasteiger partial charge >= 0.3 is 5.97 Å². The molecular formula is C24H22ClNO5. The zero-order valence-corrected chi connectivity index (χ0v) is 17.5. The monoisotopic (exact) mass is 439 g/mol. The van der Waals surface area contributed by atoms with Crippen molar-refractivity contribution in [1.82, 2.24) is 4.90 Å². The van der Waals surface area contributed by atoms with Crippen LogP contribution in [0.4, 0.5) is 0 Å². The van der Waals surface area contributed by atoms with E-state index in [9.17, 15) is 14.7 Å². The van der Waals surface area contributed by atoms with E-state index in [2.05, 4.69) is 0 Å². The lowest BCUT2D eigenvalue weighted by Gasteiger charge is -2.21. The Morgan fingerprint density at radius 1 is 0.871 bits per heavy atom. The second-order valence-corrected chi connectivity index (χ2v) is 7.17. The number of carboxylic acid groups (broad SMARTS) is 1. The van der Waals surface area contributed by atoms with Crippen molar-refractivity contribution in [2.45, 2.75) is 6.42 Å². The van der Waals surface area contributed by atoms with Crippen molar-refractivity contribution in [1.29, 1.82) is 0 Å². The van der Waals surface area contributed by atoms with Crippen LogP contribution in [-0.2, 0) is 16.0 Å². The summed E-state index contributed by atoms with van der Waals surface area (Å²) in [6, 6.07) is 23.4. The number of hydrogen-bond donors (Lipinski definition) is 1. The lowest BCUT2D eigenvalue weighted by Crippen LogP contribution is -2.40. The Morgan fingerprint density at radius 3 is 2.19 bits per heavy atom. The van der Waals surface area contributed by atoms with Crippen molar-refractivity contribution in [2.75, 3.05) is 19.7 Å². The van der Waals surface area contributed by atoms with Crippen LogP contribution in [0.1, 0.15) is 5.56 Å². The SMILES string of the molecule is O=C(O)CN(CCc1ccc(Cl)cc1)C(=O)COc1ccccc1Oc1ccccc1. The molecule has 0 spiro atoms. The molecule has 31 heavy (non-hydrogen) atoms. The van der Waals surface area contributed by atoms with Gasteiger partial charge in [-0.05, 0) is 48.4 Å². The molecule has 3 aromatic rings. The van der Waals surface area contributed by atoms with Crippen molar-refractivity contribution < 1.29 is 24.2 Å². The predicted molar refractivity (Wildman–Crippen MR) is 118 cm³/mol. The van der Waals surface area contributed by atoms with Crippen molar-refractivity contribution in [3.8, 4) is 17.2 Å². The highest BCUT2D eigenvalue weighted by Gasteiger charge is 2.18. The molecule has 7 heteroatoms. The number of benzene rings is 3. The van der Waals surface area contributed by atoms with E-state index in [1.807, 2.05) is 42.5 Å². The first kappa shape index (κ1) is 22.2. The molecule has 0 heterocycles. The van der Waals surface area contributed by atoms with E-state index in [0.717, 1.165) is 5.56 Å². The average molecular weight is 440 g/mol. The summed E-state index contributed by atoms with van der Waals surface area (Å²) in [4.78, 5) is 25.2. The van der Waals surface area contributed by atoms with Crippen LogP contribution in [0.3, 0.4) is 0 Å². The molecule has 0 aliphatic heterocycles. The lowest BCUT2D eigenvalue weighted by atomic mass is 10.1. The Bertz CT molecular complexity index is 1010. The molecule has 0 unspecified atom stereocenters. The van der Waals surface area contributed by atoms with Crippen LogP contribution in [0.2, 0.25) is 5.02 Å². The molecule has 0 aliphatic rings. The Labute approximate surface area is 185 Å². The summed E-state index contributed by atoms with van der Waals surface area (Å²) in [7, 11) is 0. The van der Waals surface area contributed by atoms with Gasteiger partial charge in [0.1, 0.15) is 12.3 Å². The highest BCUT2D eigenvalue weighted by Crippen LogP contribution is 2.31. The number of carboxylic acids is 1. The lowest BCUT2D eigenvalue weighted by molar-refractivity contribution is -0.145. The van der Waals surface area contributed by atoms with Crippen LogP contribution in [0, 0.1) is 0 Å².